The molecule has 0 N–H and O–H groups in total. The fraction of sp³-hybridized carbons (Fsp3) is 0.562. The van der Waals surface area contributed by atoms with E-state index in [1.165, 1.54) is 43.7 Å². The molecule has 0 radical (unpaired) electrons. The van der Waals surface area contributed by atoms with E-state index in [0.717, 1.165) is 19.3 Å². The van der Waals surface area contributed by atoms with Crippen molar-refractivity contribution in [1.29, 1.82) is 0 Å². The first-order valence-electron chi connectivity index (χ1n) is 6.99. The number of hydrogen-bond donors (Lipinski definition) is 0. The summed E-state index contributed by atoms with van der Waals surface area (Å²) < 4.78 is 5.44. The Morgan fingerprint density at radius 1 is 1.11 bits per heavy atom. The van der Waals surface area contributed by atoms with Gasteiger partial charge in [-0.2, -0.15) is 0 Å². The van der Waals surface area contributed by atoms with Crippen molar-refractivity contribution in [2.45, 2.75) is 58.0 Å². The second-order valence-corrected chi connectivity index (χ2v) is 5.16. The quantitative estimate of drug-likeness (QED) is 0.707. The van der Waals surface area contributed by atoms with Gasteiger partial charge >= 0.3 is 5.97 Å². The van der Waals surface area contributed by atoms with Crippen LogP contribution in [0.2, 0.25) is 0 Å². The summed E-state index contributed by atoms with van der Waals surface area (Å²) in [5.41, 5.74) is 2.78. The molecule has 0 fully saturated rings. The highest BCUT2D eigenvalue weighted by molar-refractivity contribution is 5.66. The van der Waals surface area contributed by atoms with E-state index in [1.54, 1.807) is 0 Å². The van der Waals surface area contributed by atoms with Crippen LogP contribution in [0.4, 0.5) is 0 Å². The minimum absolute atomic E-state index is 0.0572. The second kappa shape index (κ2) is 6.58. The van der Waals surface area contributed by atoms with E-state index in [2.05, 4.69) is 24.3 Å². The second-order valence-electron chi connectivity index (χ2n) is 5.16. The van der Waals surface area contributed by atoms with Crippen molar-refractivity contribution in [1.82, 2.24) is 0 Å². The molecule has 0 saturated heterocycles. The number of fused-ring (bicyclic) bond motifs is 1. The zero-order chi connectivity index (χ0) is 12.8. The van der Waals surface area contributed by atoms with Crippen molar-refractivity contribution < 1.29 is 9.53 Å². The van der Waals surface area contributed by atoms with Crippen molar-refractivity contribution in [2.24, 2.45) is 0 Å². The van der Waals surface area contributed by atoms with E-state index in [9.17, 15) is 4.79 Å². The van der Waals surface area contributed by atoms with E-state index < -0.39 is 0 Å². The fourth-order valence-corrected chi connectivity index (χ4v) is 2.72. The zero-order valence-electron chi connectivity index (χ0n) is 11.2. The lowest BCUT2D eigenvalue weighted by Crippen LogP contribution is -2.20. The summed E-state index contributed by atoms with van der Waals surface area (Å²) in [6.45, 7) is 1.50. The number of ether oxygens (including phenoxy) is 1. The molecule has 1 aromatic rings. The third-order valence-electron chi connectivity index (χ3n) is 3.62. The number of aryl methyl sites for hydroxylation is 1. The Labute approximate surface area is 109 Å². The molecule has 0 bridgehead atoms. The highest BCUT2D eigenvalue weighted by Gasteiger charge is 2.15. The molecule has 1 aliphatic carbocycles. The lowest BCUT2D eigenvalue weighted by atomic mass is 9.93. The minimum Gasteiger partial charge on any atom is -0.462 e. The number of hydrogen-bond acceptors (Lipinski definition) is 2. The maximum Gasteiger partial charge on any atom is 0.302 e. The van der Waals surface area contributed by atoms with Crippen LogP contribution < -0.4 is 0 Å². The molecular formula is C16H22O2. The van der Waals surface area contributed by atoms with Gasteiger partial charge < -0.3 is 4.74 Å². The summed E-state index contributed by atoms with van der Waals surface area (Å²) in [4.78, 5) is 11.2. The van der Waals surface area contributed by atoms with Gasteiger partial charge in [0, 0.05) is 13.3 Å². The SMILES string of the molecule is CC(=O)OC1CCCCCCc2ccccc2C1. The van der Waals surface area contributed by atoms with Crippen LogP contribution in [0.5, 0.6) is 0 Å². The predicted molar refractivity (Wildman–Crippen MR) is 72.5 cm³/mol. The number of benzene rings is 1. The molecule has 0 saturated carbocycles. The highest BCUT2D eigenvalue weighted by Crippen LogP contribution is 2.21. The summed E-state index contributed by atoms with van der Waals surface area (Å²) in [5, 5.41) is 0. The van der Waals surface area contributed by atoms with E-state index in [0.29, 0.717) is 0 Å². The van der Waals surface area contributed by atoms with Gasteiger partial charge in [-0.15, -0.1) is 0 Å². The molecule has 0 aromatic heterocycles. The first kappa shape index (κ1) is 13.1. The van der Waals surface area contributed by atoms with Gasteiger partial charge in [0.25, 0.3) is 0 Å². The van der Waals surface area contributed by atoms with Gasteiger partial charge in [0.2, 0.25) is 0 Å². The van der Waals surface area contributed by atoms with Crippen LogP contribution in [0, 0.1) is 0 Å². The Hall–Kier alpha value is -1.31. The van der Waals surface area contributed by atoms with Crippen molar-refractivity contribution in [3.63, 3.8) is 0 Å². The number of carbonyl (C=O) groups excluding carboxylic acids is 1. The molecule has 0 amide bonds. The minimum atomic E-state index is -0.158. The van der Waals surface area contributed by atoms with Crippen molar-refractivity contribution in [2.75, 3.05) is 0 Å². The Morgan fingerprint density at radius 3 is 2.61 bits per heavy atom. The van der Waals surface area contributed by atoms with Gasteiger partial charge in [-0.05, 0) is 36.8 Å². The standard InChI is InChI=1S/C16H22O2/c1-13(17)18-16-11-5-3-2-4-8-14-9-6-7-10-15(14)12-16/h6-7,9-10,16H,2-5,8,11-12H2,1H3. The Kier molecular flexibility index (Phi) is 4.80. The molecule has 2 rings (SSSR count). The number of carbonyl (C=O) groups is 1. The molecule has 0 spiro atoms. The molecule has 1 aliphatic rings. The van der Waals surface area contributed by atoms with Crippen LogP contribution in [-0.2, 0) is 22.4 Å². The lowest BCUT2D eigenvalue weighted by molar-refractivity contribution is -0.146. The third-order valence-corrected chi connectivity index (χ3v) is 3.62. The molecule has 98 valence electrons. The fourth-order valence-electron chi connectivity index (χ4n) is 2.72. The molecule has 1 unspecified atom stereocenters. The molecular weight excluding hydrogens is 224 g/mol. The molecule has 2 heteroatoms. The normalized spacial score (nSPS) is 20.8. The monoisotopic (exact) mass is 246 g/mol. The van der Waals surface area contributed by atoms with E-state index in [1.807, 2.05) is 0 Å². The average molecular weight is 246 g/mol. The van der Waals surface area contributed by atoms with Crippen LogP contribution in [0.1, 0.15) is 50.2 Å². The van der Waals surface area contributed by atoms with Gasteiger partial charge in [-0.1, -0.05) is 37.1 Å². The van der Waals surface area contributed by atoms with Crippen molar-refractivity contribution in [3.8, 4) is 0 Å². The van der Waals surface area contributed by atoms with Crippen molar-refractivity contribution >= 4 is 5.97 Å². The van der Waals surface area contributed by atoms with Crippen LogP contribution in [0.15, 0.2) is 24.3 Å². The van der Waals surface area contributed by atoms with Crippen LogP contribution >= 0.6 is 0 Å². The van der Waals surface area contributed by atoms with Gasteiger partial charge in [0.15, 0.2) is 0 Å². The zero-order valence-corrected chi connectivity index (χ0v) is 11.2. The van der Waals surface area contributed by atoms with Crippen molar-refractivity contribution in [3.05, 3.63) is 35.4 Å². The van der Waals surface area contributed by atoms with Crippen LogP contribution in [0.25, 0.3) is 0 Å². The molecule has 0 heterocycles. The van der Waals surface area contributed by atoms with Gasteiger partial charge in [-0.25, -0.2) is 0 Å². The molecule has 18 heavy (non-hydrogen) atoms. The Bertz CT molecular complexity index is 398. The number of rotatable bonds is 1. The van der Waals surface area contributed by atoms with E-state index >= 15 is 0 Å². The summed E-state index contributed by atoms with van der Waals surface area (Å²) in [7, 11) is 0. The topological polar surface area (TPSA) is 26.3 Å². The van der Waals surface area contributed by atoms with E-state index in [4.69, 9.17) is 4.74 Å². The van der Waals surface area contributed by atoms with Gasteiger partial charge in [0.05, 0.1) is 0 Å². The molecule has 1 atom stereocenters. The molecule has 2 nitrogen and oxygen atoms in total. The summed E-state index contributed by atoms with van der Waals surface area (Å²) in [6.07, 6.45) is 8.05. The Morgan fingerprint density at radius 2 is 1.83 bits per heavy atom. The number of esters is 1. The van der Waals surface area contributed by atoms with Crippen LogP contribution in [0.3, 0.4) is 0 Å². The first-order chi connectivity index (χ1) is 8.75. The summed E-state index contributed by atoms with van der Waals surface area (Å²) in [6, 6.07) is 8.57. The maximum absolute atomic E-state index is 11.2. The lowest BCUT2D eigenvalue weighted by Gasteiger charge is -2.20. The smallest absolute Gasteiger partial charge is 0.302 e. The summed E-state index contributed by atoms with van der Waals surface area (Å²) >= 11 is 0. The largest absolute Gasteiger partial charge is 0.462 e. The predicted octanol–water partition coefficient (Wildman–Crippen LogP) is 3.67. The maximum atomic E-state index is 11.2. The molecule has 1 aromatic carbocycles. The summed E-state index contributed by atoms with van der Waals surface area (Å²) in [5.74, 6) is -0.158. The first-order valence-corrected chi connectivity index (χ1v) is 6.99. The third kappa shape index (κ3) is 3.86. The van der Waals surface area contributed by atoms with Gasteiger partial charge in [-0.3, -0.25) is 4.79 Å². The van der Waals surface area contributed by atoms with Crippen LogP contribution in [-0.4, -0.2) is 12.1 Å². The molecule has 0 aliphatic heterocycles. The Balaban J connectivity index is 2.14. The average Bonchev–Trinajstić information content (AvgIpc) is 2.35. The van der Waals surface area contributed by atoms with Gasteiger partial charge in [0.1, 0.15) is 6.10 Å². The van der Waals surface area contributed by atoms with E-state index in [-0.39, 0.29) is 12.1 Å². The highest BCUT2D eigenvalue weighted by atomic mass is 16.5.